The molecule has 0 saturated carbocycles. The summed E-state index contributed by atoms with van der Waals surface area (Å²) < 4.78 is 0. The summed E-state index contributed by atoms with van der Waals surface area (Å²) in [6, 6.07) is 1.67. The van der Waals surface area contributed by atoms with Gasteiger partial charge in [-0.2, -0.15) is 5.26 Å². The molecule has 28 heavy (non-hydrogen) atoms. The number of amides is 3. The first-order chi connectivity index (χ1) is 13.2. The number of piperazine rings is 1. The third-order valence-corrected chi connectivity index (χ3v) is 4.87. The van der Waals surface area contributed by atoms with Crippen molar-refractivity contribution in [3.63, 3.8) is 0 Å². The Morgan fingerprint density at radius 3 is 2.54 bits per heavy atom. The molecule has 2 aliphatic heterocycles. The molecule has 3 heterocycles. The van der Waals surface area contributed by atoms with E-state index in [1.54, 1.807) is 16.0 Å². The molecular weight excluding hydrogens is 358 g/mol. The monoisotopic (exact) mass is 385 g/mol. The molecule has 3 rings (SSSR count). The van der Waals surface area contributed by atoms with E-state index in [9.17, 15) is 9.59 Å². The lowest BCUT2D eigenvalue weighted by molar-refractivity contribution is -0.133. The molecule has 0 aromatic carbocycles. The number of rotatable bonds is 3. The molecule has 9 nitrogen and oxygen atoms in total. The van der Waals surface area contributed by atoms with Gasteiger partial charge in [0.15, 0.2) is 0 Å². The van der Waals surface area contributed by atoms with Gasteiger partial charge in [-0.05, 0) is 12.5 Å². The lowest BCUT2D eigenvalue weighted by Crippen LogP contribution is -2.55. The van der Waals surface area contributed by atoms with Crippen molar-refractivity contribution >= 4 is 17.8 Å². The molecule has 2 aliphatic rings. The van der Waals surface area contributed by atoms with Crippen molar-refractivity contribution < 1.29 is 9.59 Å². The van der Waals surface area contributed by atoms with Gasteiger partial charge >= 0.3 is 6.03 Å². The van der Waals surface area contributed by atoms with Gasteiger partial charge in [-0.3, -0.25) is 9.69 Å². The lowest BCUT2D eigenvalue weighted by Gasteiger charge is -2.39. The standard InChI is InChI=1S/C19H27N7O2/c1-19(2,3)13-26-17-14(10-21-15(9-20)22-17)11-25(18(26)28)12-16(27)24-7-5-23(4)6-8-24/h10H,5-8,11-13H2,1-4H3. The van der Waals surface area contributed by atoms with Crippen molar-refractivity contribution in [3.05, 3.63) is 17.6 Å². The average molecular weight is 385 g/mol. The first kappa shape index (κ1) is 20.0. The zero-order chi connectivity index (χ0) is 20.5. The summed E-state index contributed by atoms with van der Waals surface area (Å²) in [6.07, 6.45) is 1.58. The highest BCUT2D eigenvalue weighted by Crippen LogP contribution is 2.29. The Morgan fingerprint density at radius 2 is 1.93 bits per heavy atom. The van der Waals surface area contributed by atoms with Gasteiger partial charge in [-0.15, -0.1) is 0 Å². The Morgan fingerprint density at radius 1 is 1.25 bits per heavy atom. The van der Waals surface area contributed by atoms with E-state index in [0.29, 0.717) is 25.5 Å². The molecule has 0 unspecified atom stereocenters. The Bertz CT molecular complexity index is 803. The van der Waals surface area contributed by atoms with E-state index in [0.717, 1.165) is 18.7 Å². The number of urea groups is 1. The second-order valence-corrected chi connectivity index (χ2v) is 8.62. The van der Waals surface area contributed by atoms with Crippen LogP contribution in [0.15, 0.2) is 6.20 Å². The maximum Gasteiger partial charge on any atom is 0.326 e. The number of aromatic nitrogens is 2. The zero-order valence-electron chi connectivity index (χ0n) is 17.0. The molecule has 0 bridgehead atoms. The Labute approximate surface area is 165 Å². The lowest BCUT2D eigenvalue weighted by atomic mass is 9.95. The molecule has 3 amide bonds. The van der Waals surface area contributed by atoms with Gasteiger partial charge in [0, 0.05) is 44.5 Å². The van der Waals surface area contributed by atoms with Crippen LogP contribution in [0.25, 0.3) is 0 Å². The summed E-state index contributed by atoms with van der Waals surface area (Å²) in [4.78, 5) is 41.3. The topological polar surface area (TPSA) is 96.7 Å². The number of hydrogen-bond donors (Lipinski definition) is 0. The van der Waals surface area contributed by atoms with Crippen molar-refractivity contribution in [2.45, 2.75) is 27.3 Å². The first-order valence-electron chi connectivity index (χ1n) is 9.47. The van der Waals surface area contributed by atoms with Crippen molar-refractivity contribution in [3.8, 4) is 6.07 Å². The quantitative estimate of drug-likeness (QED) is 0.767. The maximum absolute atomic E-state index is 13.2. The average Bonchev–Trinajstić information content (AvgIpc) is 2.64. The molecule has 0 N–H and O–H groups in total. The summed E-state index contributed by atoms with van der Waals surface area (Å²) >= 11 is 0. The summed E-state index contributed by atoms with van der Waals surface area (Å²) in [5.41, 5.74) is 0.573. The Hall–Kier alpha value is -2.73. The van der Waals surface area contributed by atoms with Crippen LogP contribution in [0.4, 0.5) is 10.6 Å². The minimum Gasteiger partial charge on any atom is -0.339 e. The molecule has 0 aliphatic carbocycles. The molecule has 1 aromatic rings. The van der Waals surface area contributed by atoms with Crippen molar-refractivity contribution in [2.75, 3.05) is 51.2 Å². The predicted molar refractivity (Wildman–Crippen MR) is 103 cm³/mol. The summed E-state index contributed by atoms with van der Waals surface area (Å²) in [6.45, 7) is 9.83. The molecule has 150 valence electrons. The number of hydrogen-bond acceptors (Lipinski definition) is 6. The predicted octanol–water partition coefficient (Wildman–Crippen LogP) is 0.910. The maximum atomic E-state index is 13.2. The Balaban J connectivity index is 1.82. The van der Waals surface area contributed by atoms with Gasteiger partial charge in [-0.1, -0.05) is 20.8 Å². The first-order valence-corrected chi connectivity index (χ1v) is 9.47. The highest BCUT2D eigenvalue weighted by Gasteiger charge is 2.36. The SMILES string of the molecule is CN1CCN(C(=O)CN2Cc3cnc(C#N)nc3N(CC(C)(C)C)C2=O)CC1. The Kier molecular flexibility index (Phi) is 5.52. The highest BCUT2D eigenvalue weighted by atomic mass is 16.2. The number of nitriles is 1. The number of carbonyl (C=O) groups is 2. The fourth-order valence-electron chi connectivity index (χ4n) is 3.39. The van der Waals surface area contributed by atoms with Gasteiger partial charge in [0.05, 0.1) is 6.54 Å². The van der Waals surface area contributed by atoms with E-state index >= 15 is 0 Å². The van der Waals surface area contributed by atoms with Crippen molar-refractivity contribution in [1.82, 2.24) is 24.7 Å². The van der Waals surface area contributed by atoms with E-state index in [2.05, 4.69) is 14.9 Å². The van der Waals surface area contributed by atoms with Crippen LogP contribution in [0, 0.1) is 16.7 Å². The van der Waals surface area contributed by atoms with Gasteiger partial charge in [0.2, 0.25) is 11.7 Å². The van der Waals surface area contributed by atoms with Crippen LogP contribution < -0.4 is 4.90 Å². The van der Waals surface area contributed by atoms with E-state index in [-0.39, 0.29) is 36.3 Å². The molecule has 9 heteroatoms. The largest absolute Gasteiger partial charge is 0.339 e. The van der Waals surface area contributed by atoms with Crippen LogP contribution in [0.1, 0.15) is 32.2 Å². The van der Waals surface area contributed by atoms with E-state index in [1.807, 2.05) is 38.8 Å². The molecular formula is C19H27N7O2. The molecule has 1 saturated heterocycles. The number of likely N-dealkylation sites (N-methyl/N-ethyl adjacent to an activating group) is 1. The minimum absolute atomic E-state index is 0.0304. The van der Waals surface area contributed by atoms with E-state index in [1.165, 1.54) is 0 Å². The summed E-state index contributed by atoms with van der Waals surface area (Å²) in [5, 5.41) is 9.12. The van der Waals surface area contributed by atoms with Gasteiger partial charge in [0.1, 0.15) is 18.4 Å². The summed E-state index contributed by atoms with van der Waals surface area (Å²) in [7, 11) is 2.03. The van der Waals surface area contributed by atoms with Crippen LogP contribution in [-0.2, 0) is 11.3 Å². The van der Waals surface area contributed by atoms with Crippen LogP contribution in [0.3, 0.4) is 0 Å². The fourth-order valence-corrected chi connectivity index (χ4v) is 3.39. The second kappa shape index (κ2) is 7.72. The number of fused-ring (bicyclic) bond motifs is 1. The third kappa shape index (κ3) is 4.39. The summed E-state index contributed by atoms with van der Waals surface area (Å²) in [5.74, 6) is 0.456. The van der Waals surface area contributed by atoms with Crippen molar-refractivity contribution in [1.29, 1.82) is 5.26 Å². The molecule has 0 spiro atoms. The van der Waals surface area contributed by atoms with Gasteiger partial charge < -0.3 is 14.7 Å². The number of nitrogens with zero attached hydrogens (tertiary/aromatic N) is 7. The van der Waals surface area contributed by atoms with Gasteiger partial charge in [-0.25, -0.2) is 14.8 Å². The normalized spacial score (nSPS) is 18.1. The van der Waals surface area contributed by atoms with Crippen LogP contribution >= 0.6 is 0 Å². The minimum atomic E-state index is -0.257. The molecule has 0 radical (unpaired) electrons. The smallest absolute Gasteiger partial charge is 0.326 e. The zero-order valence-corrected chi connectivity index (χ0v) is 17.0. The number of carbonyl (C=O) groups excluding carboxylic acids is 2. The van der Waals surface area contributed by atoms with E-state index < -0.39 is 0 Å². The van der Waals surface area contributed by atoms with Crippen molar-refractivity contribution in [2.24, 2.45) is 5.41 Å². The molecule has 1 fully saturated rings. The fraction of sp³-hybridized carbons (Fsp3) is 0.632. The highest BCUT2D eigenvalue weighted by molar-refractivity contribution is 5.96. The van der Waals surface area contributed by atoms with Gasteiger partial charge in [0.25, 0.3) is 0 Å². The van der Waals surface area contributed by atoms with Crippen LogP contribution in [0.5, 0.6) is 0 Å². The third-order valence-electron chi connectivity index (χ3n) is 4.87. The van der Waals surface area contributed by atoms with Crippen LogP contribution in [0.2, 0.25) is 0 Å². The second-order valence-electron chi connectivity index (χ2n) is 8.62. The number of anilines is 1. The van der Waals surface area contributed by atoms with Crippen LogP contribution in [-0.4, -0.2) is 82.9 Å². The van der Waals surface area contributed by atoms with E-state index in [4.69, 9.17) is 5.26 Å². The molecule has 0 atom stereocenters. The molecule has 1 aromatic heterocycles.